The van der Waals surface area contributed by atoms with Gasteiger partial charge in [-0.15, -0.1) is 11.3 Å². The van der Waals surface area contributed by atoms with Gasteiger partial charge in [0.15, 0.2) is 0 Å². The molecule has 0 amide bonds. The zero-order valence-electron chi connectivity index (χ0n) is 52.9. The average molecular weight is 1140 g/mol. The Hall–Kier alpha value is -8.32. The largest absolute Gasteiger partial charge is 0.311 e. The van der Waals surface area contributed by atoms with Crippen molar-refractivity contribution in [3.05, 3.63) is 234 Å². The Morgan fingerprint density at radius 3 is 1.21 bits per heavy atom. The molecule has 0 unspecified atom stereocenters. The lowest BCUT2D eigenvalue weighted by atomic mass is 9.33. The molecular weight excluding hydrogens is 1060 g/mol. The first kappa shape index (κ1) is 55.6. The average Bonchev–Trinajstić information content (AvgIpc) is 0.778. The summed E-state index contributed by atoms with van der Waals surface area (Å²) in [6, 6.07) is 80.0. The van der Waals surface area contributed by atoms with E-state index in [1.165, 1.54) is 109 Å². The molecule has 4 heterocycles. The van der Waals surface area contributed by atoms with E-state index in [1.54, 1.807) is 0 Å². The predicted octanol–water partition coefficient (Wildman–Crippen LogP) is 21.2. The summed E-state index contributed by atoms with van der Waals surface area (Å²) in [7, 11) is 0. The van der Waals surface area contributed by atoms with Gasteiger partial charge in [0.2, 0.25) is 0 Å². The standard InChI is InChI=1S/C80H79BN4S/c1-76(2,3)50-28-36-55(37-29-50)82(56-38-30-51(31-39-56)77(4,5)6)72-49-58(46-63-62-24-18-21-27-73(62)86-75(63)72)85-69-43-35-54(80(13,14)15)45-65(69)81-64-44-53(79(10,11)12)34-42-68(64)83(57-40-32-52(33-41-57)78(7,8)9)70-47-59(48-71(85)74(70)81)84-66-25-19-16-22-60(66)61-23-17-20-26-67(61)84/h16-49H,1-15H3. The zero-order chi connectivity index (χ0) is 60.1. The second kappa shape index (κ2) is 19.6. The SMILES string of the molecule is CC(C)(C)c1ccc(N2c3ccc(C(C)(C)C)cc3B3c4cc(C(C)(C)C)ccc4N(c4cc(N(c5ccc(C(C)(C)C)cc5)c5ccc(C(C)(C)C)cc5)c5sc6ccccc6c5c4)c4cc(-n5c6ccccc6c6ccccc65)cc2c43)cc1. The molecular formula is C80H79BN4S. The number of nitrogens with zero attached hydrogens (tertiary/aromatic N) is 4. The van der Waals surface area contributed by atoms with E-state index in [9.17, 15) is 0 Å². The van der Waals surface area contributed by atoms with Crippen molar-refractivity contribution in [2.24, 2.45) is 0 Å². The van der Waals surface area contributed by atoms with E-state index in [-0.39, 0.29) is 33.8 Å². The van der Waals surface area contributed by atoms with Gasteiger partial charge in [0.25, 0.3) is 6.71 Å². The third kappa shape index (κ3) is 9.16. The van der Waals surface area contributed by atoms with Crippen LogP contribution >= 0.6 is 11.3 Å². The normalized spacial score (nSPS) is 13.7. The Labute approximate surface area is 514 Å². The topological polar surface area (TPSA) is 14.7 Å². The summed E-state index contributed by atoms with van der Waals surface area (Å²) in [6.07, 6.45) is 0. The van der Waals surface area contributed by atoms with Gasteiger partial charge in [0.05, 0.1) is 27.1 Å². The van der Waals surface area contributed by atoms with E-state index >= 15 is 0 Å². The quantitative estimate of drug-likeness (QED) is 0.154. The number of anilines is 9. The third-order valence-electron chi connectivity index (χ3n) is 18.5. The second-order valence-corrected chi connectivity index (χ2v) is 30.6. The minimum Gasteiger partial charge on any atom is -0.311 e. The molecule has 0 radical (unpaired) electrons. The van der Waals surface area contributed by atoms with Crippen LogP contribution in [-0.2, 0) is 27.1 Å². The number of thiophene rings is 1. The van der Waals surface area contributed by atoms with Crippen LogP contribution in [-0.4, -0.2) is 11.3 Å². The Morgan fingerprint density at radius 2 is 0.744 bits per heavy atom. The van der Waals surface area contributed by atoms with Crippen LogP contribution in [0.5, 0.6) is 0 Å². The van der Waals surface area contributed by atoms with Crippen molar-refractivity contribution in [1.82, 2.24) is 4.57 Å². The first-order valence-electron chi connectivity index (χ1n) is 30.9. The van der Waals surface area contributed by atoms with Crippen LogP contribution < -0.4 is 31.1 Å². The fourth-order valence-electron chi connectivity index (χ4n) is 13.7. The van der Waals surface area contributed by atoms with Crippen molar-refractivity contribution in [1.29, 1.82) is 0 Å². The molecule has 2 aromatic heterocycles. The number of hydrogen-bond acceptors (Lipinski definition) is 4. The van der Waals surface area contributed by atoms with Crippen LogP contribution in [0.1, 0.15) is 132 Å². The van der Waals surface area contributed by atoms with Crippen LogP contribution in [0.3, 0.4) is 0 Å². The molecule has 6 heteroatoms. The van der Waals surface area contributed by atoms with Crippen molar-refractivity contribution >= 4 is 128 Å². The molecule has 0 aliphatic carbocycles. The van der Waals surface area contributed by atoms with Crippen molar-refractivity contribution in [2.75, 3.05) is 14.7 Å². The minimum atomic E-state index is -0.109. The molecule has 86 heavy (non-hydrogen) atoms. The fraction of sp³-hybridized carbons (Fsp3) is 0.250. The molecule has 0 bridgehead atoms. The monoisotopic (exact) mass is 1140 g/mol. The highest BCUT2D eigenvalue weighted by Gasteiger charge is 2.45. The Balaban J connectivity index is 1.13. The maximum Gasteiger partial charge on any atom is 0.252 e. The lowest BCUT2D eigenvalue weighted by Gasteiger charge is -2.45. The highest BCUT2D eigenvalue weighted by molar-refractivity contribution is 7.26. The number of rotatable bonds is 6. The summed E-state index contributed by atoms with van der Waals surface area (Å²) in [5.41, 5.74) is 24.2. The summed E-state index contributed by atoms with van der Waals surface area (Å²) < 4.78 is 5.05. The van der Waals surface area contributed by atoms with Gasteiger partial charge in [-0.2, -0.15) is 0 Å². The van der Waals surface area contributed by atoms with Gasteiger partial charge in [-0.05, 0) is 162 Å². The maximum atomic E-state index is 2.66. The fourth-order valence-corrected chi connectivity index (χ4v) is 14.8. The highest BCUT2D eigenvalue weighted by atomic mass is 32.1. The van der Waals surface area contributed by atoms with Crippen LogP contribution in [0.15, 0.2) is 206 Å². The maximum absolute atomic E-state index is 2.66. The molecule has 14 rings (SSSR count). The van der Waals surface area contributed by atoms with Crippen LogP contribution in [0.4, 0.5) is 51.2 Å². The Bertz CT molecular complexity index is 4550. The van der Waals surface area contributed by atoms with Crippen LogP contribution in [0.2, 0.25) is 0 Å². The molecule has 0 saturated carbocycles. The van der Waals surface area contributed by atoms with Gasteiger partial charge in [-0.1, -0.05) is 219 Å². The van der Waals surface area contributed by atoms with E-state index in [0.29, 0.717) is 0 Å². The molecule has 0 atom stereocenters. The van der Waals surface area contributed by atoms with Crippen LogP contribution in [0.25, 0.3) is 47.7 Å². The molecule has 2 aliphatic heterocycles. The van der Waals surface area contributed by atoms with Crippen molar-refractivity contribution < 1.29 is 0 Å². The van der Waals surface area contributed by atoms with Gasteiger partial charge in [-0.3, -0.25) is 0 Å². The predicted molar refractivity (Wildman–Crippen MR) is 376 cm³/mol. The third-order valence-corrected chi connectivity index (χ3v) is 19.7. The number of aromatic nitrogens is 1. The van der Waals surface area contributed by atoms with Crippen LogP contribution in [0, 0.1) is 0 Å². The number of fused-ring (bicyclic) bond motifs is 10. The van der Waals surface area contributed by atoms with E-state index < -0.39 is 0 Å². The first-order chi connectivity index (χ1) is 40.8. The van der Waals surface area contributed by atoms with Crippen molar-refractivity contribution in [3.8, 4) is 5.69 Å². The smallest absolute Gasteiger partial charge is 0.252 e. The molecule has 10 aromatic carbocycles. The number of para-hydroxylation sites is 2. The molecule has 0 spiro atoms. The van der Waals surface area contributed by atoms with Gasteiger partial charge in [-0.25, -0.2) is 0 Å². The van der Waals surface area contributed by atoms with Gasteiger partial charge < -0.3 is 19.3 Å². The van der Waals surface area contributed by atoms with E-state index in [4.69, 9.17) is 0 Å². The lowest BCUT2D eigenvalue weighted by molar-refractivity contribution is 0.590. The molecule has 12 aromatic rings. The van der Waals surface area contributed by atoms with Gasteiger partial charge in [0.1, 0.15) is 0 Å². The number of hydrogen-bond donors (Lipinski definition) is 0. The molecule has 2 aliphatic rings. The summed E-state index contributed by atoms with van der Waals surface area (Å²) >= 11 is 1.90. The van der Waals surface area contributed by atoms with E-state index in [2.05, 4.69) is 329 Å². The molecule has 4 nitrogen and oxygen atoms in total. The molecule has 0 saturated heterocycles. The van der Waals surface area contributed by atoms with Gasteiger partial charge >= 0.3 is 0 Å². The second-order valence-electron chi connectivity index (χ2n) is 29.6. The summed E-state index contributed by atoms with van der Waals surface area (Å²) in [4.78, 5) is 7.80. The number of benzene rings is 10. The van der Waals surface area contributed by atoms with E-state index in [0.717, 1.165) is 34.1 Å². The summed E-state index contributed by atoms with van der Waals surface area (Å²) in [6.45, 7) is 34.8. The lowest BCUT2D eigenvalue weighted by Crippen LogP contribution is -2.61. The van der Waals surface area contributed by atoms with E-state index in [1.807, 2.05) is 11.3 Å². The zero-order valence-corrected chi connectivity index (χ0v) is 53.7. The van der Waals surface area contributed by atoms with Gasteiger partial charge in [0, 0.05) is 71.7 Å². The molecule has 0 N–H and O–H groups in total. The van der Waals surface area contributed by atoms with Crippen molar-refractivity contribution in [2.45, 2.75) is 131 Å². The van der Waals surface area contributed by atoms with Crippen molar-refractivity contribution in [3.63, 3.8) is 0 Å². The first-order valence-corrected chi connectivity index (χ1v) is 31.8. The Kier molecular flexibility index (Phi) is 12.7. The molecule has 0 fully saturated rings. The summed E-state index contributed by atoms with van der Waals surface area (Å²) in [5.74, 6) is 0. The summed E-state index contributed by atoms with van der Waals surface area (Å²) in [5, 5.41) is 4.98. The minimum absolute atomic E-state index is 0.00404. The Morgan fingerprint density at radius 1 is 0.337 bits per heavy atom. The molecule has 428 valence electrons. The highest BCUT2D eigenvalue weighted by Crippen LogP contribution is 2.52.